The third kappa shape index (κ3) is 1.62. The second-order valence-corrected chi connectivity index (χ2v) is 3.01. The van der Waals surface area contributed by atoms with E-state index < -0.39 is 30.8 Å². The molecule has 2 nitrogen and oxygen atoms in total. The van der Waals surface area contributed by atoms with Crippen LogP contribution in [0.5, 0.6) is 0 Å². The summed E-state index contributed by atoms with van der Waals surface area (Å²) in [6.45, 7) is -0.906. The lowest BCUT2D eigenvalue weighted by atomic mass is 10.2. The predicted octanol–water partition coefficient (Wildman–Crippen LogP) is 1.51. The average molecular weight is 199 g/mol. The van der Waals surface area contributed by atoms with E-state index in [-0.39, 0.29) is 6.42 Å². The molecule has 0 bridgehead atoms. The second-order valence-electron chi connectivity index (χ2n) is 3.01. The molecule has 0 atom stereocenters. The van der Waals surface area contributed by atoms with E-state index in [1.807, 2.05) is 0 Å². The zero-order valence-electron chi connectivity index (χ0n) is 6.99. The quantitative estimate of drug-likeness (QED) is 0.586. The molecule has 0 unspecified atom stereocenters. The molecule has 0 aromatic rings. The fourth-order valence-electron chi connectivity index (χ4n) is 1.17. The molecule has 0 radical (unpaired) electrons. The molecule has 0 aromatic heterocycles. The van der Waals surface area contributed by atoms with Crippen molar-refractivity contribution in [2.75, 3.05) is 13.1 Å². The van der Waals surface area contributed by atoms with Gasteiger partial charge >= 0.3 is 11.8 Å². The van der Waals surface area contributed by atoms with E-state index in [2.05, 4.69) is 0 Å². The number of nitrogens with zero attached hydrogens (tertiary/aromatic N) is 1. The van der Waals surface area contributed by atoms with E-state index in [0.29, 0.717) is 4.90 Å². The van der Waals surface area contributed by atoms with Crippen molar-refractivity contribution >= 4 is 5.91 Å². The molecule has 0 saturated carbocycles. The van der Waals surface area contributed by atoms with E-state index in [9.17, 15) is 22.4 Å². The van der Waals surface area contributed by atoms with Gasteiger partial charge in [0.05, 0.1) is 13.1 Å². The summed E-state index contributed by atoms with van der Waals surface area (Å²) in [5.74, 6) is -8.84. The summed E-state index contributed by atoms with van der Waals surface area (Å²) in [5, 5.41) is 0. The summed E-state index contributed by atoms with van der Waals surface area (Å²) in [6.07, 6.45) is -0.0356. The fourth-order valence-corrected chi connectivity index (χ4v) is 1.17. The van der Waals surface area contributed by atoms with Crippen LogP contribution in [0, 0.1) is 0 Å². The predicted molar refractivity (Wildman–Crippen MR) is 36.8 cm³/mol. The van der Waals surface area contributed by atoms with E-state index in [1.54, 1.807) is 0 Å². The molecule has 0 aromatic carbocycles. The van der Waals surface area contributed by atoms with Crippen molar-refractivity contribution in [3.05, 3.63) is 0 Å². The number of alkyl halides is 4. The van der Waals surface area contributed by atoms with Crippen LogP contribution in [0.25, 0.3) is 0 Å². The first-order valence-corrected chi connectivity index (χ1v) is 3.83. The van der Waals surface area contributed by atoms with Gasteiger partial charge in [-0.3, -0.25) is 4.79 Å². The van der Waals surface area contributed by atoms with Gasteiger partial charge in [-0.1, -0.05) is 6.92 Å². The molecule has 76 valence electrons. The number of halogens is 4. The summed E-state index contributed by atoms with van der Waals surface area (Å²) in [6, 6.07) is 0. The van der Waals surface area contributed by atoms with E-state index in [1.165, 1.54) is 6.92 Å². The normalized spacial score (nSPS) is 24.8. The minimum absolute atomic E-state index is 0.0356. The monoisotopic (exact) mass is 199 g/mol. The Bertz CT molecular complexity index is 213. The van der Waals surface area contributed by atoms with Gasteiger partial charge in [0.1, 0.15) is 0 Å². The summed E-state index contributed by atoms with van der Waals surface area (Å²) < 4.78 is 50.1. The molecular formula is C7H9F4NO. The molecule has 0 spiro atoms. The van der Waals surface area contributed by atoms with Crippen molar-refractivity contribution in [2.45, 2.75) is 25.2 Å². The molecule has 1 amide bonds. The molecule has 1 aliphatic rings. The van der Waals surface area contributed by atoms with Gasteiger partial charge in [0.15, 0.2) is 0 Å². The van der Waals surface area contributed by atoms with Crippen LogP contribution < -0.4 is 0 Å². The van der Waals surface area contributed by atoms with Gasteiger partial charge in [0.25, 0.3) is 0 Å². The maximum absolute atomic E-state index is 12.5. The number of rotatable bonds is 1. The first-order valence-electron chi connectivity index (χ1n) is 3.83. The fraction of sp³-hybridized carbons (Fsp3) is 0.857. The molecule has 1 fully saturated rings. The van der Waals surface area contributed by atoms with Crippen LogP contribution in [0.4, 0.5) is 17.6 Å². The standard InChI is InChI=1S/C7H9F4NO/c1-2-5(13)12-3-6(8,9)7(10,11)4-12/h2-4H2,1H3. The minimum Gasteiger partial charge on any atom is -0.330 e. The zero-order chi connectivity index (χ0) is 10.3. The van der Waals surface area contributed by atoms with E-state index in [0.717, 1.165) is 0 Å². The number of carbonyl (C=O) groups is 1. The van der Waals surface area contributed by atoms with Gasteiger partial charge in [-0.2, -0.15) is 17.6 Å². The van der Waals surface area contributed by atoms with Crippen LogP contribution in [0.15, 0.2) is 0 Å². The molecule has 1 heterocycles. The van der Waals surface area contributed by atoms with Crippen LogP contribution in [-0.4, -0.2) is 35.7 Å². The molecule has 13 heavy (non-hydrogen) atoms. The topological polar surface area (TPSA) is 20.3 Å². The van der Waals surface area contributed by atoms with Crippen LogP contribution in [-0.2, 0) is 4.79 Å². The van der Waals surface area contributed by atoms with Gasteiger partial charge in [-0.05, 0) is 0 Å². The van der Waals surface area contributed by atoms with Crippen LogP contribution >= 0.6 is 0 Å². The number of hydrogen-bond donors (Lipinski definition) is 0. The lowest BCUT2D eigenvalue weighted by molar-refractivity contribution is -0.172. The summed E-state index contributed by atoms with van der Waals surface area (Å²) in [5.41, 5.74) is 0. The summed E-state index contributed by atoms with van der Waals surface area (Å²) in [4.78, 5) is 11.3. The highest BCUT2D eigenvalue weighted by atomic mass is 19.3. The molecule has 1 aliphatic heterocycles. The summed E-state index contributed by atoms with van der Waals surface area (Å²) >= 11 is 0. The Morgan fingerprint density at radius 2 is 1.62 bits per heavy atom. The van der Waals surface area contributed by atoms with Gasteiger partial charge < -0.3 is 4.90 Å². The highest BCUT2D eigenvalue weighted by molar-refractivity contribution is 5.76. The highest BCUT2D eigenvalue weighted by Crippen LogP contribution is 2.40. The highest BCUT2D eigenvalue weighted by Gasteiger charge is 2.63. The SMILES string of the molecule is CCC(=O)N1CC(F)(F)C(F)(F)C1. The molecule has 1 rings (SSSR count). The van der Waals surface area contributed by atoms with E-state index >= 15 is 0 Å². The Kier molecular flexibility index (Phi) is 2.25. The lowest BCUT2D eigenvalue weighted by Gasteiger charge is -2.14. The van der Waals surface area contributed by atoms with Crippen molar-refractivity contribution in [3.8, 4) is 0 Å². The first kappa shape index (κ1) is 10.3. The first-order chi connectivity index (χ1) is 5.80. The maximum atomic E-state index is 12.5. The second kappa shape index (κ2) is 2.85. The van der Waals surface area contributed by atoms with E-state index in [4.69, 9.17) is 0 Å². The smallest absolute Gasteiger partial charge is 0.329 e. The largest absolute Gasteiger partial charge is 0.330 e. The Balaban J connectivity index is 2.76. The number of carbonyl (C=O) groups excluding carboxylic acids is 1. The Labute approximate surface area is 72.5 Å². The minimum atomic E-state index is -4.09. The zero-order valence-corrected chi connectivity index (χ0v) is 6.99. The van der Waals surface area contributed by atoms with Crippen LogP contribution in [0.1, 0.15) is 13.3 Å². The van der Waals surface area contributed by atoms with Crippen molar-refractivity contribution in [1.29, 1.82) is 0 Å². The van der Waals surface area contributed by atoms with Gasteiger partial charge in [-0.15, -0.1) is 0 Å². The molecule has 0 N–H and O–H groups in total. The van der Waals surface area contributed by atoms with Gasteiger partial charge in [0.2, 0.25) is 5.91 Å². The number of likely N-dealkylation sites (tertiary alicyclic amines) is 1. The van der Waals surface area contributed by atoms with Gasteiger partial charge in [0, 0.05) is 6.42 Å². The van der Waals surface area contributed by atoms with Crippen molar-refractivity contribution < 1.29 is 22.4 Å². The average Bonchev–Trinajstić information content (AvgIpc) is 2.20. The van der Waals surface area contributed by atoms with Crippen LogP contribution in [0.2, 0.25) is 0 Å². The number of hydrogen-bond acceptors (Lipinski definition) is 1. The Morgan fingerprint density at radius 3 is 1.92 bits per heavy atom. The molecule has 1 saturated heterocycles. The molecule has 0 aliphatic carbocycles. The third-order valence-electron chi connectivity index (χ3n) is 1.97. The van der Waals surface area contributed by atoms with Crippen molar-refractivity contribution in [3.63, 3.8) is 0 Å². The van der Waals surface area contributed by atoms with Gasteiger partial charge in [-0.25, -0.2) is 0 Å². The molecular weight excluding hydrogens is 190 g/mol. The molecule has 6 heteroatoms. The lowest BCUT2D eigenvalue weighted by Crippen LogP contribution is -2.38. The maximum Gasteiger partial charge on any atom is 0.329 e. The number of amides is 1. The Morgan fingerprint density at radius 1 is 1.23 bits per heavy atom. The van der Waals surface area contributed by atoms with Crippen molar-refractivity contribution in [1.82, 2.24) is 4.90 Å². The third-order valence-corrected chi connectivity index (χ3v) is 1.97. The Hall–Kier alpha value is -0.810. The summed E-state index contributed by atoms with van der Waals surface area (Å²) in [7, 11) is 0. The van der Waals surface area contributed by atoms with Crippen LogP contribution in [0.3, 0.4) is 0 Å². The van der Waals surface area contributed by atoms with Crippen molar-refractivity contribution in [2.24, 2.45) is 0 Å².